The highest BCUT2D eigenvalue weighted by atomic mass is 32.2. The molecule has 108 valence electrons. The van der Waals surface area contributed by atoms with Crippen LogP contribution in [0.25, 0.3) is 0 Å². The summed E-state index contributed by atoms with van der Waals surface area (Å²) in [6, 6.07) is 16.1. The molecule has 0 bridgehead atoms. The van der Waals surface area contributed by atoms with Crippen LogP contribution in [0.3, 0.4) is 0 Å². The van der Waals surface area contributed by atoms with Crippen LogP contribution >= 0.6 is 11.8 Å². The lowest BCUT2D eigenvalue weighted by Gasteiger charge is -2.12. The van der Waals surface area contributed by atoms with Gasteiger partial charge in [0.15, 0.2) is 0 Å². The number of hydrogen-bond acceptors (Lipinski definition) is 4. The van der Waals surface area contributed by atoms with E-state index in [1.165, 1.54) is 4.90 Å². The summed E-state index contributed by atoms with van der Waals surface area (Å²) in [6.45, 7) is 2.82. The molecular weight excluding hydrogens is 280 g/mol. The van der Waals surface area contributed by atoms with Gasteiger partial charge in [-0.2, -0.15) is 5.26 Å². The predicted molar refractivity (Wildman–Crippen MR) is 87.9 cm³/mol. The smallest absolute Gasteiger partial charge is 0.136 e. The van der Waals surface area contributed by atoms with Crippen molar-refractivity contribution in [2.45, 2.75) is 18.4 Å². The fraction of sp³-hybridized carbons (Fsp3) is 0.235. The van der Waals surface area contributed by atoms with Gasteiger partial charge in [-0.05, 0) is 35.6 Å². The summed E-state index contributed by atoms with van der Waals surface area (Å²) in [5.74, 6) is 1.66. The second kappa shape index (κ2) is 7.61. The second-order valence-corrected chi connectivity index (χ2v) is 5.74. The standard InChI is InChI=1S/C17H18N2OS/c1-3-21-17-7-5-4-6-15(17)19-12-13-8-9-16(20-2)14(10-13)11-18/h4-10,19H,3,12H2,1-2H3. The first-order chi connectivity index (χ1) is 10.3. The van der Waals surface area contributed by atoms with E-state index >= 15 is 0 Å². The number of rotatable bonds is 6. The molecule has 0 atom stereocenters. The molecule has 3 nitrogen and oxygen atoms in total. The third-order valence-electron chi connectivity index (χ3n) is 3.05. The molecule has 0 radical (unpaired) electrons. The minimum Gasteiger partial charge on any atom is -0.495 e. The fourth-order valence-corrected chi connectivity index (χ4v) is 2.83. The Bertz CT molecular complexity index is 649. The molecule has 2 rings (SSSR count). The van der Waals surface area contributed by atoms with Crippen molar-refractivity contribution < 1.29 is 4.74 Å². The second-order valence-electron chi connectivity index (χ2n) is 4.43. The lowest BCUT2D eigenvalue weighted by atomic mass is 10.1. The average molecular weight is 298 g/mol. The minimum atomic E-state index is 0.563. The Morgan fingerprint density at radius 1 is 1.24 bits per heavy atom. The Morgan fingerprint density at radius 2 is 2.05 bits per heavy atom. The Labute approximate surface area is 129 Å². The Morgan fingerprint density at radius 3 is 2.76 bits per heavy atom. The Balaban J connectivity index is 2.12. The molecule has 0 saturated heterocycles. The first kappa shape index (κ1) is 15.3. The zero-order valence-corrected chi connectivity index (χ0v) is 13.0. The summed E-state index contributed by atoms with van der Waals surface area (Å²) in [7, 11) is 1.58. The van der Waals surface area contributed by atoms with Crippen LogP contribution in [0.4, 0.5) is 5.69 Å². The van der Waals surface area contributed by atoms with E-state index in [9.17, 15) is 0 Å². The molecule has 0 unspecified atom stereocenters. The van der Waals surface area contributed by atoms with Crippen molar-refractivity contribution in [1.82, 2.24) is 0 Å². The molecular formula is C17H18N2OS. The monoisotopic (exact) mass is 298 g/mol. The van der Waals surface area contributed by atoms with Gasteiger partial charge in [-0.25, -0.2) is 0 Å². The van der Waals surface area contributed by atoms with Gasteiger partial charge >= 0.3 is 0 Å². The molecule has 1 N–H and O–H groups in total. The summed E-state index contributed by atoms with van der Waals surface area (Å²) >= 11 is 1.82. The largest absolute Gasteiger partial charge is 0.495 e. The first-order valence-corrected chi connectivity index (χ1v) is 7.79. The first-order valence-electron chi connectivity index (χ1n) is 6.81. The van der Waals surface area contributed by atoms with Gasteiger partial charge in [0.1, 0.15) is 11.8 Å². The highest BCUT2D eigenvalue weighted by Gasteiger charge is 2.05. The average Bonchev–Trinajstić information content (AvgIpc) is 2.54. The number of thioether (sulfide) groups is 1. The van der Waals surface area contributed by atoms with Crippen molar-refractivity contribution in [3.63, 3.8) is 0 Å². The summed E-state index contributed by atoms with van der Waals surface area (Å²) in [5.41, 5.74) is 2.75. The van der Waals surface area contributed by atoms with Gasteiger partial charge in [-0.1, -0.05) is 25.1 Å². The van der Waals surface area contributed by atoms with Gasteiger partial charge in [0.2, 0.25) is 0 Å². The van der Waals surface area contributed by atoms with E-state index in [2.05, 4.69) is 30.4 Å². The summed E-state index contributed by atoms with van der Waals surface area (Å²) in [4.78, 5) is 1.24. The molecule has 0 saturated carbocycles. The van der Waals surface area contributed by atoms with Gasteiger partial charge in [0.25, 0.3) is 0 Å². The van der Waals surface area contributed by atoms with Gasteiger partial charge in [0.05, 0.1) is 12.7 Å². The highest BCUT2D eigenvalue weighted by Crippen LogP contribution is 2.27. The summed E-state index contributed by atoms with van der Waals surface area (Å²) < 4.78 is 5.16. The van der Waals surface area contributed by atoms with Gasteiger partial charge in [0, 0.05) is 17.1 Å². The van der Waals surface area contributed by atoms with E-state index in [0.717, 1.165) is 17.0 Å². The van der Waals surface area contributed by atoms with Crippen molar-refractivity contribution in [2.24, 2.45) is 0 Å². The maximum Gasteiger partial charge on any atom is 0.136 e. The van der Waals surface area contributed by atoms with E-state index in [1.807, 2.05) is 42.1 Å². The molecule has 2 aromatic carbocycles. The molecule has 0 fully saturated rings. The van der Waals surface area contributed by atoms with E-state index in [1.54, 1.807) is 7.11 Å². The van der Waals surface area contributed by atoms with Crippen LogP contribution in [0.2, 0.25) is 0 Å². The number of nitriles is 1. The van der Waals surface area contributed by atoms with Gasteiger partial charge < -0.3 is 10.1 Å². The molecule has 0 aromatic heterocycles. The number of benzene rings is 2. The van der Waals surface area contributed by atoms with Crippen LogP contribution in [0.5, 0.6) is 5.75 Å². The normalized spacial score (nSPS) is 9.95. The van der Waals surface area contributed by atoms with E-state index in [4.69, 9.17) is 10.00 Å². The molecule has 4 heteroatoms. The van der Waals surface area contributed by atoms with Crippen molar-refractivity contribution in [2.75, 3.05) is 18.2 Å². The SMILES string of the molecule is CCSc1ccccc1NCc1ccc(OC)c(C#N)c1. The molecule has 0 aliphatic heterocycles. The summed E-state index contributed by atoms with van der Waals surface area (Å²) in [5, 5.41) is 12.6. The third-order valence-corrected chi connectivity index (χ3v) is 4.01. The molecule has 0 amide bonds. The van der Waals surface area contributed by atoms with E-state index in [-0.39, 0.29) is 0 Å². The number of nitrogens with one attached hydrogen (secondary N) is 1. The van der Waals surface area contributed by atoms with Crippen LogP contribution in [-0.2, 0) is 6.54 Å². The van der Waals surface area contributed by atoms with Crippen LogP contribution in [0, 0.1) is 11.3 Å². The number of ether oxygens (including phenoxy) is 1. The molecule has 0 aliphatic rings. The fourth-order valence-electron chi connectivity index (χ4n) is 2.04. The van der Waals surface area contributed by atoms with E-state index < -0.39 is 0 Å². The lowest BCUT2D eigenvalue weighted by molar-refractivity contribution is 0.413. The van der Waals surface area contributed by atoms with Crippen molar-refractivity contribution >= 4 is 17.4 Å². The van der Waals surface area contributed by atoms with Crippen LogP contribution in [-0.4, -0.2) is 12.9 Å². The quantitative estimate of drug-likeness (QED) is 0.808. The number of para-hydroxylation sites is 1. The van der Waals surface area contributed by atoms with Crippen LogP contribution in [0.1, 0.15) is 18.1 Å². The molecule has 2 aromatic rings. The third kappa shape index (κ3) is 3.93. The van der Waals surface area contributed by atoms with Crippen LogP contribution < -0.4 is 10.1 Å². The summed E-state index contributed by atoms with van der Waals surface area (Å²) in [6.07, 6.45) is 0. The van der Waals surface area contributed by atoms with Gasteiger partial charge in [-0.15, -0.1) is 11.8 Å². The molecule has 0 aliphatic carbocycles. The predicted octanol–water partition coefficient (Wildman–Crippen LogP) is 4.29. The molecule has 21 heavy (non-hydrogen) atoms. The molecule has 0 spiro atoms. The zero-order valence-electron chi connectivity index (χ0n) is 12.2. The van der Waals surface area contributed by atoms with Crippen molar-refractivity contribution in [3.05, 3.63) is 53.6 Å². The van der Waals surface area contributed by atoms with Crippen LogP contribution in [0.15, 0.2) is 47.4 Å². The van der Waals surface area contributed by atoms with Gasteiger partial charge in [-0.3, -0.25) is 0 Å². The maximum absolute atomic E-state index is 9.12. The Kier molecular flexibility index (Phi) is 5.53. The lowest BCUT2D eigenvalue weighted by Crippen LogP contribution is -2.01. The number of anilines is 1. The topological polar surface area (TPSA) is 45.0 Å². The number of hydrogen-bond donors (Lipinski definition) is 1. The highest BCUT2D eigenvalue weighted by molar-refractivity contribution is 7.99. The van der Waals surface area contributed by atoms with Crippen molar-refractivity contribution in [3.8, 4) is 11.8 Å². The molecule has 0 heterocycles. The Hall–Kier alpha value is -2.12. The minimum absolute atomic E-state index is 0.563. The number of methoxy groups -OCH3 is 1. The van der Waals surface area contributed by atoms with Crippen molar-refractivity contribution in [1.29, 1.82) is 5.26 Å². The zero-order chi connectivity index (χ0) is 15.1. The maximum atomic E-state index is 9.12. The number of nitrogens with zero attached hydrogens (tertiary/aromatic N) is 1. The van der Waals surface area contributed by atoms with E-state index in [0.29, 0.717) is 17.9 Å².